The van der Waals surface area contributed by atoms with Crippen LogP contribution in [0.2, 0.25) is 0 Å². The molecule has 0 atom stereocenters. The number of hydrogen-bond acceptors (Lipinski definition) is 6. The van der Waals surface area contributed by atoms with Crippen LogP contribution in [0, 0.1) is 0 Å². The summed E-state index contributed by atoms with van der Waals surface area (Å²) in [5.74, 6) is -0.897. The molecule has 0 bridgehead atoms. The number of aryl methyl sites for hydroxylation is 1. The monoisotopic (exact) mass is 336 g/mol. The number of hydrogen-bond donors (Lipinski definition) is 0. The number of nitrogens with zero attached hydrogens (tertiary/aromatic N) is 5. The summed E-state index contributed by atoms with van der Waals surface area (Å²) in [6, 6.07) is 4.58. The van der Waals surface area contributed by atoms with Crippen molar-refractivity contribution < 1.29 is 27.3 Å². The van der Waals surface area contributed by atoms with Crippen molar-refractivity contribution in [2.24, 2.45) is 17.0 Å². The summed E-state index contributed by atoms with van der Waals surface area (Å²) >= 11 is 0. The van der Waals surface area contributed by atoms with Crippen molar-refractivity contribution in [3.8, 4) is 0 Å². The van der Waals surface area contributed by atoms with Crippen LogP contribution in [0.25, 0.3) is 0 Å². The minimum atomic E-state index is -0.448. The first-order chi connectivity index (χ1) is 9.58. The van der Waals surface area contributed by atoms with E-state index in [0.717, 1.165) is 0 Å². The predicted molar refractivity (Wildman–Crippen MR) is 72.4 cm³/mol. The molecule has 7 nitrogen and oxygen atoms in total. The third-order valence-electron chi connectivity index (χ3n) is 2.23. The minimum absolute atomic E-state index is 0. The van der Waals surface area contributed by atoms with Gasteiger partial charge in [0.2, 0.25) is 0 Å². The van der Waals surface area contributed by atoms with E-state index in [9.17, 15) is 10.2 Å². The van der Waals surface area contributed by atoms with E-state index in [-0.39, 0.29) is 28.5 Å². The van der Waals surface area contributed by atoms with Crippen molar-refractivity contribution in [1.29, 1.82) is 0 Å². The second-order valence-electron chi connectivity index (χ2n) is 3.69. The molecule has 0 saturated heterocycles. The van der Waals surface area contributed by atoms with E-state index >= 15 is 0 Å². The molecule has 2 rings (SSSR count). The molecule has 2 aromatic rings. The Kier molecular flexibility index (Phi) is 8.68. The van der Waals surface area contributed by atoms with Crippen molar-refractivity contribution in [3.05, 3.63) is 48.3 Å². The fourth-order valence-electron chi connectivity index (χ4n) is 1.23. The van der Waals surface area contributed by atoms with Gasteiger partial charge in [-0.15, -0.1) is 0 Å². The van der Waals surface area contributed by atoms with Crippen molar-refractivity contribution in [2.75, 3.05) is 14.1 Å². The van der Waals surface area contributed by atoms with Gasteiger partial charge in [-0.3, -0.25) is 0 Å². The molecule has 115 valence electrons. The largest absolute Gasteiger partial charge is 2.00 e. The number of aromatic nitrogens is 3. The summed E-state index contributed by atoms with van der Waals surface area (Å²) in [4.78, 5) is 14.5. The average Bonchev–Trinajstić information content (AvgIpc) is 2.97. The SMILES string of the molecule is CN=C([O-])c1cccc(C([O-])=NC)n1.Cn1ccnc1.[Cu+2]. The zero-order valence-corrected chi connectivity index (χ0v) is 12.8. The Bertz CT molecular complexity index is 563. The number of imidazole rings is 1. The van der Waals surface area contributed by atoms with E-state index in [2.05, 4.69) is 20.0 Å². The molecule has 0 spiro atoms. The van der Waals surface area contributed by atoms with Gasteiger partial charge in [-0.2, -0.15) is 0 Å². The van der Waals surface area contributed by atoms with E-state index in [1.807, 2.05) is 17.8 Å². The van der Waals surface area contributed by atoms with Crippen LogP contribution in [-0.4, -0.2) is 40.4 Å². The first-order valence-corrected chi connectivity index (χ1v) is 5.75. The van der Waals surface area contributed by atoms with Gasteiger partial charge in [-0.25, -0.2) is 9.97 Å². The average molecular weight is 337 g/mol. The van der Waals surface area contributed by atoms with Gasteiger partial charge in [0.1, 0.15) is 0 Å². The van der Waals surface area contributed by atoms with Gasteiger partial charge in [0.05, 0.1) is 17.7 Å². The Labute approximate surface area is 133 Å². The Balaban J connectivity index is 0.000000480. The summed E-state index contributed by atoms with van der Waals surface area (Å²) < 4.78 is 1.89. The van der Waals surface area contributed by atoms with E-state index < -0.39 is 11.8 Å². The molecular weight excluding hydrogens is 322 g/mol. The summed E-state index contributed by atoms with van der Waals surface area (Å²) in [7, 11) is 4.69. The van der Waals surface area contributed by atoms with Crippen LogP contribution in [0.5, 0.6) is 0 Å². The van der Waals surface area contributed by atoms with E-state index in [0.29, 0.717) is 0 Å². The molecule has 0 N–H and O–H groups in total. The van der Waals surface area contributed by atoms with Crippen LogP contribution in [0.1, 0.15) is 11.4 Å². The molecule has 0 saturated carbocycles. The molecule has 0 aliphatic heterocycles. The zero-order valence-electron chi connectivity index (χ0n) is 11.8. The molecule has 2 heterocycles. The number of rotatable bonds is 2. The second kappa shape index (κ2) is 9.68. The van der Waals surface area contributed by atoms with Crippen LogP contribution in [0.4, 0.5) is 0 Å². The molecule has 1 radical (unpaired) electrons. The topological polar surface area (TPSA) is 102 Å². The Morgan fingerprint density at radius 1 is 1.10 bits per heavy atom. The number of aliphatic imine (C=N–C) groups is 2. The first-order valence-electron chi connectivity index (χ1n) is 5.75. The summed E-state index contributed by atoms with van der Waals surface area (Å²) in [6.07, 6.45) is 5.39. The molecule has 0 fully saturated rings. The smallest absolute Gasteiger partial charge is 0.857 e. The van der Waals surface area contributed by atoms with Crippen molar-refractivity contribution in [2.45, 2.75) is 0 Å². The molecule has 2 aromatic heterocycles. The maximum Gasteiger partial charge on any atom is 2.00 e. The molecule has 0 amide bonds. The molecule has 0 aromatic carbocycles. The van der Waals surface area contributed by atoms with Crippen molar-refractivity contribution >= 4 is 11.8 Å². The van der Waals surface area contributed by atoms with E-state index in [1.165, 1.54) is 26.2 Å². The first kappa shape index (κ1) is 18.8. The van der Waals surface area contributed by atoms with Crippen molar-refractivity contribution in [3.63, 3.8) is 0 Å². The normalized spacial score (nSPS) is 11.2. The fourth-order valence-corrected chi connectivity index (χ4v) is 1.23. The van der Waals surface area contributed by atoms with Gasteiger partial charge in [0.15, 0.2) is 0 Å². The third kappa shape index (κ3) is 6.20. The summed E-state index contributed by atoms with van der Waals surface area (Å²) in [5, 5.41) is 22.2. The van der Waals surface area contributed by atoms with Gasteiger partial charge in [0, 0.05) is 45.3 Å². The molecule has 0 unspecified atom stereocenters. The standard InChI is InChI=1S/C9H11N3O2.C4H6N2.Cu/c1-10-8(13)6-4-3-5-7(12-6)9(14)11-2;1-6-3-2-5-4-6;/h3-5H,1-2H3,(H,10,13)(H,11,14);2-4H,1H3;/q;;+2/p-2. The van der Waals surface area contributed by atoms with Gasteiger partial charge in [-0.1, -0.05) is 6.07 Å². The second-order valence-corrected chi connectivity index (χ2v) is 3.69. The maximum absolute atomic E-state index is 11.1. The third-order valence-corrected chi connectivity index (χ3v) is 2.23. The minimum Gasteiger partial charge on any atom is -0.857 e. The van der Waals surface area contributed by atoms with E-state index in [4.69, 9.17) is 0 Å². The van der Waals surface area contributed by atoms with Gasteiger partial charge in [0.25, 0.3) is 0 Å². The predicted octanol–water partition coefficient (Wildman–Crippen LogP) is -1.03. The molecule has 0 aliphatic carbocycles. The Hall–Kier alpha value is -2.18. The van der Waals surface area contributed by atoms with Gasteiger partial charge in [-0.05, 0) is 12.1 Å². The van der Waals surface area contributed by atoms with Crippen molar-refractivity contribution in [1.82, 2.24) is 14.5 Å². The maximum atomic E-state index is 11.1. The Morgan fingerprint density at radius 3 is 1.90 bits per heavy atom. The molecule has 8 heteroatoms. The van der Waals surface area contributed by atoms with Crippen LogP contribution in [0.15, 0.2) is 46.9 Å². The van der Waals surface area contributed by atoms with Crippen LogP contribution >= 0.6 is 0 Å². The van der Waals surface area contributed by atoms with Gasteiger partial charge < -0.3 is 24.8 Å². The quantitative estimate of drug-likeness (QED) is 0.397. The van der Waals surface area contributed by atoms with E-state index in [1.54, 1.807) is 18.6 Å². The zero-order chi connectivity index (χ0) is 15.0. The summed E-state index contributed by atoms with van der Waals surface area (Å²) in [6.45, 7) is 0. The van der Waals surface area contributed by atoms with Crippen LogP contribution in [-0.2, 0) is 24.1 Å². The van der Waals surface area contributed by atoms with Crippen LogP contribution < -0.4 is 10.2 Å². The summed E-state index contributed by atoms with van der Waals surface area (Å²) in [5.41, 5.74) is 0.309. The molecular formula is C13H15CuN5O2. The van der Waals surface area contributed by atoms with Crippen LogP contribution in [0.3, 0.4) is 0 Å². The molecule has 0 aliphatic rings. The number of pyridine rings is 1. The molecule has 21 heavy (non-hydrogen) atoms. The Morgan fingerprint density at radius 2 is 1.62 bits per heavy atom. The van der Waals surface area contributed by atoms with Gasteiger partial charge >= 0.3 is 17.1 Å². The fraction of sp³-hybridized carbons (Fsp3) is 0.231.